The fraction of sp³-hybridized carbons (Fsp3) is 0. The number of hydrogen-bond acceptors (Lipinski definition) is 2. The standard InChI is InChI=1S/C9H8NO2/c11-9(12)8-5-6-3-1-2-4-7(6)10-8/h1-5,10-12H. The number of rotatable bonds is 1. The lowest BCUT2D eigenvalue weighted by Crippen LogP contribution is -1.94. The zero-order chi connectivity index (χ0) is 8.55. The third kappa shape index (κ3) is 1.09. The van der Waals surface area contributed by atoms with Gasteiger partial charge in [-0.15, -0.1) is 0 Å². The van der Waals surface area contributed by atoms with E-state index >= 15 is 0 Å². The number of nitrogens with one attached hydrogen (secondary N) is 1. The van der Waals surface area contributed by atoms with Crippen molar-refractivity contribution in [1.29, 1.82) is 0 Å². The molecule has 0 aliphatic carbocycles. The number of aromatic amines is 1. The quantitative estimate of drug-likeness (QED) is 0.598. The molecule has 1 aromatic heterocycles. The molecule has 0 spiro atoms. The average molecular weight is 162 g/mol. The molecule has 1 radical (unpaired) electrons. The summed E-state index contributed by atoms with van der Waals surface area (Å²) in [6.45, 7) is 0. The Kier molecular flexibility index (Phi) is 1.60. The van der Waals surface area contributed by atoms with Gasteiger partial charge in [-0.05, 0) is 17.5 Å². The first-order valence-corrected chi connectivity index (χ1v) is 3.60. The van der Waals surface area contributed by atoms with E-state index in [1.165, 1.54) is 0 Å². The first-order valence-electron chi connectivity index (χ1n) is 3.60. The summed E-state index contributed by atoms with van der Waals surface area (Å²) >= 11 is 0. The summed E-state index contributed by atoms with van der Waals surface area (Å²) in [5.41, 5.74) is 1.24. The minimum absolute atomic E-state index is 0.344. The van der Waals surface area contributed by atoms with E-state index in [-0.39, 0.29) is 0 Å². The van der Waals surface area contributed by atoms with Gasteiger partial charge in [0, 0.05) is 5.52 Å². The van der Waals surface area contributed by atoms with Gasteiger partial charge >= 0.3 is 0 Å². The van der Waals surface area contributed by atoms with Crippen LogP contribution in [0.1, 0.15) is 5.69 Å². The van der Waals surface area contributed by atoms with E-state index in [1.54, 1.807) is 6.07 Å². The predicted octanol–water partition coefficient (Wildman–Crippen LogP) is 1.75. The number of aliphatic hydroxyl groups is 2. The van der Waals surface area contributed by atoms with Crippen molar-refractivity contribution in [2.45, 2.75) is 0 Å². The van der Waals surface area contributed by atoms with Gasteiger partial charge in [0.15, 0.2) is 0 Å². The van der Waals surface area contributed by atoms with E-state index in [0.29, 0.717) is 5.69 Å². The minimum Gasteiger partial charge on any atom is -0.356 e. The number of aliphatic hydroxyl groups excluding tert-OH is 1. The van der Waals surface area contributed by atoms with Gasteiger partial charge in [0.1, 0.15) is 0 Å². The number of benzene rings is 1. The summed E-state index contributed by atoms with van der Waals surface area (Å²) in [6, 6.07) is 9.25. The van der Waals surface area contributed by atoms with E-state index in [4.69, 9.17) is 10.2 Å². The van der Waals surface area contributed by atoms with E-state index in [2.05, 4.69) is 4.98 Å². The smallest absolute Gasteiger partial charge is 0.267 e. The van der Waals surface area contributed by atoms with Gasteiger partial charge in [-0.3, -0.25) is 0 Å². The Morgan fingerprint density at radius 2 is 1.92 bits per heavy atom. The van der Waals surface area contributed by atoms with E-state index in [0.717, 1.165) is 10.9 Å². The maximum absolute atomic E-state index is 8.77. The largest absolute Gasteiger partial charge is 0.356 e. The van der Waals surface area contributed by atoms with Crippen molar-refractivity contribution < 1.29 is 10.2 Å². The molecule has 2 rings (SSSR count). The Morgan fingerprint density at radius 3 is 2.58 bits per heavy atom. The molecule has 1 aromatic carbocycles. The van der Waals surface area contributed by atoms with Crippen molar-refractivity contribution in [2.24, 2.45) is 0 Å². The van der Waals surface area contributed by atoms with Crippen molar-refractivity contribution in [3.63, 3.8) is 0 Å². The molecule has 0 atom stereocenters. The molecule has 0 aliphatic heterocycles. The van der Waals surface area contributed by atoms with Crippen LogP contribution in [0.15, 0.2) is 30.3 Å². The molecule has 12 heavy (non-hydrogen) atoms. The summed E-state index contributed by atoms with van der Waals surface area (Å²) in [6.07, 6.45) is -0.675. The number of fused-ring (bicyclic) bond motifs is 1. The molecule has 3 heteroatoms. The molecule has 2 aromatic rings. The van der Waals surface area contributed by atoms with E-state index < -0.39 is 6.29 Å². The highest BCUT2D eigenvalue weighted by atomic mass is 16.5. The lowest BCUT2D eigenvalue weighted by atomic mass is 10.2. The van der Waals surface area contributed by atoms with Crippen LogP contribution in [0.2, 0.25) is 0 Å². The molecule has 0 unspecified atom stereocenters. The molecule has 0 saturated heterocycles. The van der Waals surface area contributed by atoms with Crippen LogP contribution in [0.5, 0.6) is 0 Å². The van der Waals surface area contributed by atoms with Crippen LogP contribution in [0.25, 0.3) is 10.9 Å². The van der Waals surface area contributed by atoms with Gasteiger partial charge in [0.05, 0.1) is 5.69 Å². The highest BCUT2D eigenvalue weighted by Gasteiger charge is 2.07. The SMILES string of the molecule is O[C](O)c1cc2ccccc2[nH]1. The van der Waals surface area contributed by atoms with Crippen LogP contribution >= 0.6 is 0 Å². The maximum Gasteiger partial charge on any atom is 0.267 e. The zero-order valence-corrected chi connectivity index (χ0v) is 6.28. The van der Waals surface area contributed by atoms with E-state index in [9.17, 15) is 0 Å². The van der Waals surface area contributed by atoms with Crippen molar-refractivity contribution >= 4 is 10.9 Å². The molecule has 0 amide bonds. The molecule has 0 aliphatic rings. The molecule has 61 valence electrons. The molecule has 3 N–H and O–H groups in total. The maximum atomic E-state index is 8.77. The summed E-state index contributed by atoms with van der Waals surface area (Å²) in [5.74, 6) is 0. The number of aromatic nitrogens is 1. The molecule has 0 fully saturated rings. The molecule has 3 nitrogen and oxygen atoms in total. The minimum atomic E-state index is -0.675. The van der Waals surface area contributed by atoms with Crippen molar-refractivity contribution in [1.82, 2.24) is 4.98 Å². The molecular formula is C9H8NO2. The predicted molar refractivity (Wildman–Crippen MR) is 44.5 cm³/mol. The molecular weight excluding hydrogens is 154 g/mol. The second kappa shape index (κ2) is 2.62. The lowest BCUT2D eigenvalue weighted by molar-refractivity contribution is 0.107. The molecule has 0 saturated carbocycles. The Labute approximate surface area is 69.3 Å². The van der Waals surface area contributed by atoms with Crippen LogP contribution in [0.3, 0.4) is 0 Å². The topological polar surface area (TPSA) is 56.2 Å². The number of H-pyrrole nitrogens is 1. The van der Waals surface area contributed by atoms with E-state index in [1.807, 2.05) is 24.3 Å². The Morgan fingerprint density at radius 1 is 1.17 bits per heavy atom. The van der Waals surface area contributed by atoms with Crippen molar-refractivity contribution in [2.75, 3.05) is 0 Å². The second-order valence-corrected chi connectivity index (χ2v) is 2.59. The van der Waals surface area contributed by atoms with Crippen LogP contribution in [-0.4, -0.2) is 15.2 Å². The third-order valence-electron chi connectivity index (χ3n) is 1.77. The lowest BCUT2D eigenvalue weighted by Gasteiger charge is -1.93. The zero-order valence-electron chi connectivity index (χ0n) is 6.28. The highest BCUT2D eigenvalue weighted by Crippen LogP contribution is 2.17. The summed E-state index contributed by atoms with van der Waals surface area (Å²) < 4.78 is 0. The fourth-order valence-electron chi connectivity index (χ4n) is 1.19. The van der Waals surface area contributed by atoms with Crippen LogP contribution < -0.4 is 0 Å². The van der Waals surface area contributed by atoms with Crippen LogP contribution in [0, 0.1) is 6.29 Å². The first-order chi connectivity index (χ1) is 5.77. The highest BCUT2D eigenvalue weighted by molar-refractivity contribution is 5.80. The molecule has 0 bridgehead atoms. The fourth-order valence-corrected chi connectivity index (χ4v) is 1.19. The number of hydrogen-bond donors (Lipinski definition) is 3. The number of para-hydroxylation sites is 1. The Hall–Kier alpha value is -1.32. The van der Waals surface area contributed by atoms with Gasteiger partial charge in [0.25, 0.3) is 6.29 Å². The average Bonchev–Trinajstić information content (AvgIpc) is 2.46. The summed E-state index contributed by atoms with van der Waals surface area (Å²) in [4.78, 5) is 2.86. The van der Waals surface area contributed by atoms with Gasteiger partial charge in [0.2, 0.25) is 0 Å². The van der Waals surface area contributed by atoms with Gasteiger partial charge in [-0.1, -0.05) is 18.2 Å². The van der Waals surface area contributed by atoms with Crippen LogP contribution in [0.4, 0.5) is 0 Å². The first kappa shape index (κ1) is 7.34. The van der Waals surface area contributed by atoms with Crippen LogP contribution in [-0.2, 0) is 0 Å². The monoisotopic (exact) mass is 162 g/mol. The summed E-state index contributed by atoms with van der Waals surface area (Å²) in [7, 11) is 0. The Balaban J connectivity index is 2.62. The Bertz CT molecular complexity index is 359. The van der Waals surface area contributed by atoms with Gasteiger partial charge in [-0.25, -0.2) is 0 Å². The van der Waals surface area contributed by atoms with Crippen molar-refractivity contribution in [3.05, 3.63) is 42.3 Å². The molecule has 1 heterocycles. The third-order valence-corrected chi connectivity index (χ3v) is 1.77. The van der Waals surface area contributed by atoms with Gasteiger partial charge < -0.3 is 15.2 Å². The van der Waals surface area contributed by atoms with Crippen molar-refractivity contribution in [3.8, 4) is 0 Å². The van der Waals surface area contributed by atoms with Gasteiger partial charge in [-0.2, -0.15) is 0 Å². The summed E-state index contributed by atoms with van der Waals surface area (Å²) in [5, 5.41) is 18.5. The second-order valence-electron chi connectivity index (χ2n) is 2.59. The normalized spacial score (nSPS) is 11.2.